The number of alkyl halides is 4. The highest BCUT2D eigenvalue weighted by atomic mass is 79.9. The summed E-state index contributed by atoms with van der Waals surface area (Å²) in [5.74, 6) is 0.651. The second kappa shape index (κ2) is 6.63. The molecule has 4 aliphatic carbocycles. The van der Waals surface area contributed by atoms with E-state index in [9.17, 15) is 22.8 Å². The number of hydrogen-bond donors (Lipinski definition) is 0. The summed E-state index contributed by atoms with van der Waals surface area (Å²) in [6, 6.07) is 0. The van der Waals surface area contributed by atoms with Gasteiger partial charge in [-0.1, -0.05) is 15.9 Å². The number of halogens is 4. The molecule has 152 valence electrons. The third-order valence-electron chi connectivity index (χ3n) is 6.97. The van der Waals surface area contributed by atoms with Crippen molar-refractivity contribution in [1.82, 2.24) is 9.80 Å². The van der Waals surface area contributed by atoms with Gasteiger partial charge in [-0.25, -0.2) is 0 Å². The Morgan fingerprint density at radius 1 is 0.926 bits per heavy atom. The Hall–Kier alpha value is -0.790. The first-order valence-corrected chi connectivity index (χ1v) is 10.7. The van der Waals surface area contributed by atoms with Crippen LogP contribution in [0.4, 0.5) is 13.2 Å². The van der Waals surface area contributed by atoms with Crippen LogP contribution in [0.25, 0.3) is 0 Å². The minimum atomic E-state index is -4.48. The maximum Gasteiger partial charge on any atom is 0.397 e. The van der Waals surface area contributed by atoms with Crippen molar-refractivity contribution < 1.29 is 22.8 Å². The van der Waals surface area contributed by atoms with Crippen molar-refractivity contribution in [2.75, 3.05) is 26.2 Å². The Morgan fingerprint density at radius 3 is 1.93 bits per heavy atom. The molecule has 27 heavy (non-hydrogen) atoms. The average molecular weight is 451 g/mol. The first-order valence-electron chi connectivity index (χ1n) is 9.86. The Labute approximate surface area is 165 Å². The summed E-state index contributed by atoms with van der Waals surface area (Å²) < 4.78 is 37.4. The molecule has 5 rings (SSSR count). The molecule has 1 saturated heterocycles. The van der Waals surface area contributed by atoms with Gasteiger partial charge in [0.1, 0.15) is 6.42 Å². The van der Waals surface area contributed by atoms with Crippen LogP contribution in [0, 0.1) is 17.3 Å². The fourth-order valence-corrected chi connectivity index (χ4v) is 7.97. The third kappa shape index (κ3) is 4.15. The van der Waals surface area contributed by atoms with Crippen LogP contribution in [0.2, 0.25) is 0 Å². The van der Waals surface area contributed by atoms with Crippen LogP contribution in [0.5, 0.6) is 0 Å². The van der Waals surface area contributed by atoms with Gasteiger partial charge < -0.3 is 9.80 Å². The van der Waals surface area contributed by atoms with Crippen LogP contribution in [-0.2, 0) is 9.59 Å². The summed E-state index contributed by atoms with van der Waals surface area (Å²) in [6.07, 6.45) is 1.71. The van der Waals surface area contributed by atoms with Crippen molar-refractivity contribution in [3.05, 3.63) is 0 Å². The number of amides is 2. The highest BCUT2D eigenvalue weighted by Crippen LogP contribution is 2.65. The van der Waals surface area contributed by atoms with Gasteiger partial charge in [0.25, 0.3) is 0 Å². The van der Waals surface area contributed by atoms with Crippen molar-refractivity contribution in [2.45, 2.75) is 61.9 Å². The van der Waals surface area contributed by atoms with Crippen LogP contribution >= 0.6 is 15.9 Å². The number of carbonyl (C=O) groups is 2. The molecule has 8 heteroatoms. The molecule has 1 aliphatic heterocycles. The molecule has 2 atom stereocenters. The lowest BCUT2D eigenvalue weighted by molar-refractivity contribution is -0.164. The zero-order valence-electron chi connectivity index (χ0n) is 15.4. The van der Waals surface area contributed by atoms with Gasteiger partial charge in [-0.15, -0.1) is 0 Å². The van der Waals surface area contributed by atoms with E-state index < -0.39 is 18.5 Å². The largest absolute Gasteiger partial charge is 0.397 e. The van der Waals surface area contributed by atoms with Gasteiger partial charge in [0, 0.05) is 36.9 Å². The van der Waals surface area contributed by atoms with Gasteiger partial charge in [0.05, 0.1) is 0 Å². The molecule has 0 unspecified atom stereocenters. The van der Waals surface area contributed by atoms with Crippen molar-refractivity contribution in [1.29, 1.82) is 0 Å². The van der Waals surface area contributed by atoms with Crippen molar-refractivity contribution in [2.24, 2.45) is 17.3 Å². The second-order valence-corrected chi connectivity index (χ2v) is 11.0. The highest BCUT2D eigenvalue weighted by Gasteiger charge is 2.57. The van der Waals surface area contributed by atoms with Gasteiger partial charge in [-0.3, -0.25) is 9.59 Å². The Morgan fingerprint density at radius 2 is 1.44 bits per heavy atom. The van der Waals surface area contributed by atoms with E-state index in [-0.39, 0.29) is 28.7 Å². The van der Waals surface area contributed by atoms with Gasteiger partial charge in [0.2, 0.25) is 11.8 Å². The molecule has 0 spiro atoms. The molecule has 0 aromatic rings. The first kappa shape index (κ1) is 19.5. The lowest BCUT2D eigenvalue weighted by Crippen LogP contribution is -2.56. The van der Waals surface area contributed by atoms with Gasteiger partial charge in [-0.2, -0.15) is 13.2 Å². The van der Waals surface area contributed by atoms with E-state index in [0.29, 0.717) is 19.5 Å². The minimum absolute atomic E-state index is 0.0912. The quantitative estimate of drug-likeness (QED) is 0.614. The van der Waals surface area contributed by atoms with Crippen molar-refractivity contribution >= 4 is 27.7 Å². The number of carbonyl (C=O) groups excluding carboxylic acids is 2. The molecule has 4 nitrogen and oxygen atoms in total. The van der Waals surface area contributed by atoms with E-state index >= 15 is 0 Å². The van der Waals surface area contributed by atoms with Crippen molar-refractivity contribution in [3.63, 3.8) is 0 Å². The summed E-state index contributed by atoms with van der Waals surface area (Å²) in [6.45, 7) is 1.07. The summed E-state index contributed by atoms with van der Waals surface area (Å²) >= 11 is 3.97. The number of hydrogen-bond acceptors (Lipinski definition) is 2. The van der Waals surface area contributed by atoms with Crippen LogP contribution in [0.15, 0.2) is 0 Å². The SMILES string of the molecule is O=C(CC(F)(F)F)N1CCN(C(=O)CC23C[C@H]4C[C@@H](CC(Br)(C4)C2)C3)CC1. The van der Waals surface area contributed by atoms with Crippen LogP contribution in [0.1, 0.15) is 51.4 Å². The van der Waals surface area contributed by atoms with Crippen molar-refractivity contribution in [3.8, 4) is 0 Å². The number of piperazine rings is 1. The fourth-order valence-electron chi connectivity index (χ4n) is 6.46. The minimum Gasteiger partial charge on any atom is -0.339 e. The predicted octanol–water partition coefficient (Wildman–Crippen LogP) is 3.73. The molecule has 1 heterocycles. The fraction of sp³-hybridized carbons (Fsp3) is 0.895. The molecular weight excluding hydrogens is 425 g/mol. The lowest BCUT2D eigenvalue weighted by Gasteiger charge is -2.60. The molecule has 4 bridgehead atoms. The van der Waals surface area contributed by atoms with E-state index in [4.69, 9.17) is 0 Å². The van der Waals surface area contributed by atoms with E-state index in [2.05, 4.69) is 15.9 Å². The molecule has 5 fully saturated rings. The van der Waals surface area contributed by atoms with Crippen LogP contribution in [0.3, 0.4) is 0 Å². The Kier molecular flexibility index (Phi) is 4.79. The smallest absolute Gasteiger partial charge is 0.339 e. The third-order valence-corrected chi connectivity index (χ3v) is 7.90. The van der Waals surface area contributed by atoms with Crippen LogP contribution < -0.4 is 0 Å². The van der Waals surface area contributed by atoms with Gasteiger partial charge in [-0.05, 0) is 55.8 Å². The standard InChI is InChI=1S/C19H26BrF3N2O2/c20-18-8-13-5-14(9-18)7-17(6-13,12-18)10-15(26)24-1-3-25(4-2-24)16(27)11-19(21,22)23/h13-14H,1-12H2/t13-,14-,17?,18?/m1/s1. The summed E-state index contributed by atoms with van der Waals surface area (Å²) in [5, 5.41) is 0. The average Bonchev–Trinajstić information content (AvgIpc) is 2.50. The predicted molar refractivity (Wildman–Crippen MR) is 97.2 cm³/mol. The van der Waals surface area contributed by atoms with E-state index in [1.807, 2.05) is 0 Å². The normalized spacial score (nSPS) is 38.4. The molecular formula is C19H26BrF3N2O2. The molecule has 2 amide bonds. The highest BCUT2D eigenvalue weighted by molar-refractivity contribution is 9.10. The molecule has 0 radical (unpaired) electrons. The summed E-state index contributed by atoms with van der Waals surface area (Å²) in [5.41, 5.74) is 0.0912. The maximum absolute atomic E-state index is 12.9. The van der Waals surface area contributed by atoms with Gasteiger partial charge in [0.15, 0.2) is 0 Å². The zero-order chi connectivity index (χ0) is 19.4. The monoisotopic (exact) mass is 450 g/mol. The summed E-state index contributed by atoms with van der Waals surface area (Å²) in [7, 11) is 0. The second-order valence-electron chi connectivity index (χ2n) is 9.34. The number of rotatable bonds is 3. The lowest BCUT2D eigenvalue weighted by atomic mass is 9.48. The van der Waals surface area contributed by atoms with Gasteiger partial charge >= 0.3 is 6.18 Å². The maximum atomic E-state index is 12.9. The zero-order valence-corrected chi connectivity index (χ0v) is 16.9. The topological polar surface area (TPSA) is 40.6 Å². The Bertz CT molecular complexity index is 617. The first-order chi connectivity index (χ1) is 12.5. The van der Waals surface area contributed by atoms with E-state index in [1.165, 1.54) is 24.2 Å². The molecule has 4 saturated carbocycles. The van der Waals surface area contributed by atoms with Crippen LogP contribution in [-0.4, -0.2) is 58.3 Å². The summed E-state index contributed by atoms with van der Waals surface area (Å²) in [4.78, 5) is 27.6. The molecule has 0 aromatic heterocycles. The number of nitrogens with zero attached hydrogens (tertiary/aromatic N) is 2. The molecule has 0 N–H and O–H groups in total. The Balaban J connectivity index is 1.32. The van der Waals surface area contributed by atoms with E-state index in [0.717, 1.165) is 31.1 Å². The van der Waals surface area contributed by atoms with E-state index in [1.54, 1.807) is 4.90 Å². The molecule has 0 aromatic carbocycles. The molecule has 5 aliphatic rings.